The number of nitro groups is 1. The van der Waals surface area contributed by atoms with Crippen LogP contribution < -0.4 is 4.74 Å². The van der Waals surface area contributed by atoms with Crippen molar-refractivity contribution in [2.75, 3.05) is 13.2 Å². The molecule has 0 aromatic heterocycles. The van der Waals surface area contributed by atoms with Gasteiger partial charge >= 0.3 is 5.97 Å². The quantitative estimate of drug-likeness (QED) is 0.110. The van der Waals surface area contributed by atoms with Crippen LogP contribution in [0.15, 0.2) is 60.7 Å². The fraction of sp³-hybridized carbons (Fsp3) is 0.292. The second-order valence-electron chi connectivity index (χ2n) is 6.93. The summed E-state index contributed by atoms with van der Waals surface area (Å²) in [5, 5.41) is 10.7. The van der Waals surface area contributed by atoms with Crippen molar-refractivity contribution in [3.63, 3.8) is 0 Å². The molecular weight excluding hydrogens is 382 g/mol. The van der Waals surface area contributed by atoms with Crippen LogP contribution in [0, 0.1) is 10.1 Å². The number of carbonyl (C=O) groups is 1. The predicted molar refractivity (Wildman–Crippen MR) is 118 cm³/mol. The maximum atomic E-state index is 11.2. The molecule has 6 nitrogen and oxygen atoms in total. The highest BCUT2D eigenvalue weighted by atomic mass is 16.6. The van der Waals surface area contributed by atoms with Crippen molar-refractivity contribution in [1.29, 1.82) is 0 Å². The van der Waals surface area contributed by atoms with Gasteiger partial charge in [-0.15, -0.1) is 0 Å². The molecule has 2 rings (SSSR count). The lowest BCUT2D eigenvalue weighted by atomic mass is 10.1. The molecule has 0 radical (unpaired) electrons. The zero-order valence-electron chi connectivity index (χ0n) is 17.2. The highest BCUT2D eigenvalue weighted by Gasteiger charge is 2.03. The first-order chi connectivity index (χ1) is 14.5. The molecule has 2 aromatic rings. The molecule has 158 valence electrons. The molecule has 30 heavy (non-hydrogen) atoms. The third-order valence-corrected chi connectivity index (χ3v) is 4.34. The molecule has 0 saturated carbocycles. The molecule has 0 amide bonds. The predicted octanol–water partition coefficient (Wildman–Crippen LogP) is 5.82. The van der Waals surface area contributed by atoms with E-state index >= 15 is 0 Å². The minimum Gasteiger partial charge on any atom is -0.494 e. The van der Waals surface area contributed by atoms with Crippen LogP contribution in [0.4, 0.5) is 5.69 Å². The number of esters is 1. The molecule has 0 N–H and O–H groups in total. The Kier molecular flexibility index (Phi) is 9.31. The second kappa shape index (κ2) is 12.2. The maximum absolute atomic E-state index is 11.2. The van der Waals surface area contributed by atoms with Gasteiger partial charge in [-0.3, -0.25) is 10.1 Å². The van der Waals surface area contributed by atoms with E-state index in [4.69, 9.17) is 9.47 Å². The van der Waals surface area contributed by atoms with E-state index in [2.05, 4.69) is 6.58 Å². The SMILES string of the molecule is C=C(C)C(=O)OCCCCCCOc1ccc(C=Cc2ccc([N+](=O)[O-])cc2)cc1. The van der Waals surface area contributed by atoms with Crippen LogP contribution in [0.5, 0.6) is 5.75 Å². The van der Waals surface area contributed by atoms with Gasteiger partial charge in [0.25, 0.3) is 5.69 Å². The summed E-state index contributed by atoms with van der Waals surface area (Å²) in [5.74, 6) is 0.488. The zero-order valence-corrected chi connectivity index (χ0v) is 17.2. The summed E-state index contributed by atoms with van der Waals surface area (Å²) in [7, 11) is 0. The van der Waals surface area contributed by atoms with Crippen LogP contribution in [0.3, 0.4) is 0 Å². The molecule has 0 heterocycles. The number of ether oxygens (including phenoxy) is 2. The third kappa shape index (κ3) is 8.31. The Labute approximate surface area is 177 Å². The number of carbonyl (C=O) groups excluding carboxylic acids is 1. The number of hydrogen-bond donors (Lipinski definition) is 0. The van der Waals surface area contributed by atoms with Crippen LogP contribution in [-0.4, -0.2) is 24.1 Å². The topological polar surface area (TPSA) is 78.7 Å². The van der Waals surface area contributed by atoms with Crippen molar-refractivity contribution >= 4 is 23.8 Å². The molecule has 6 heteroatoms. The summed E-state index contributed by atoms with van der Waals surface area (Å²) in [5.41, 5.74) is 2.43. The van der Waals surface area contributed by atoms with Crippen molar-refractivity contribution in [2.45, 2.75) is 32.6 Å². The summed E-state index contributed by atoms with van der Waals surface area (Å²) >= 11 is 0. The lowest BCUT2D eigenvalue weighted by Gasteiger charge is -2.07. The Morgan fingerprint density at radius 2 is 1.47 bits per heavy atom. The van der Waals surface area contributed by atoms with Gasteiger partial charge in [-0.05, 0) is 68.0 Å². The van der Waals surface area contributed by atoms with Crippen LogP contribution in [0.25, 0.3) is 12.2 Å². The van der Waals surface area contributed by atoms with Gasteiger partial charge in [-0.1, -0.05) is 30.9 Å². The number of nitro benzene ring substituents is 1. The van der Waals surface area contributed by atoms with E-state index in [0.29, 0.717) is 18.8 Å². The minimum absolute atomic E-state index is 0.0832. The Hall–Kier alpha value is -3.41. The van der Waals surface area contributed by atoms with Gasteiger partial charge in [-0.2, -0.15) is 0 Å². The van der Waals surface area contributed by atoms with Crippen LogP contribution in [0.2, 0.25) is 0 Å². The molecule has 0 aliphatic heterocycles. The smallest absolute Gasteiger partial charge is 0.333 e. The molecule has 0 spiro atoms. The standard InChI is InChI=1S/C24H27NO5/c1-19(2)24(26)30-18-6-4-3-5-17-29-23-15-11-21(12-16-23)8-7-20-9-13-22(14-10-20)25(27)28/h7-16H,1,3-6,17-18H2,2H3. The van der Waals surface area contributed by atoms with E-state index in [1.54, 1.807) is 19.1 Å². The summed E-state index contributed by atoms with van der Waals surface area (Å²) in [6.07, 6.45) is 7.64. The minimum atomic E-state index is -0.409. The summed E-state index contributed by atoms with van der Waals surface area (Å²) in [6, 6.07) is 14.2. The number of unbranched alkanes of at least 4 members (excludes halogenated alkanes) is 3. The van der Waals surface area contributed by atoms with Gasteiger partial charge in [-0.25, -0.2) is 4.79 Å². The van der Waals surface area contributed by atoms with Crippen molar-refractivity contribution in [3.05, 3.63) is 81.9 Å². The lowest BCUT2D eigenvalue weighted by molar-refractivity contribution is -0.384. The number of non-ortho nitro benzene ring substituents is 1. The second-order valence-corrected chi connectivity index (χ2v) is 6.93. The largest absolute Gasteiger partial charge is 0.494 e. The first kappa shape index (κ1) is 22.9. The van der Waals surface area contributed by atoms with Gasteiger partial charge < -0.3 is 9.47 Å². The van der Waals surface area contributed by atoms with Gasteiger partial charge in [0.15, 0.2) is 0 Å². The number of benzene rings is 2. The van der Waals surface area contributed by atoms with Gasteiger partial charge in [0, 0.05) is 17.7 Å². The molecule has 0 aliphatic rings. The Morgan fingerprint density at radius 3 is 2.00 bits per heavy atom. The monoisotopic (exact) mass is 409 g/mol. The molecule has 0 bridgehead atoms. The van der Waals surface area contributed by atoms with Crippen LogP contribution in [-0.2, 0) is 9.53 Å². The normalized spacial score (nSPS) is 10.7. The fourth-order valence-corrected chi connectivity index (χ4v) is 2.61. The third-order valence-electron chi connectivity index (χ3n) is 4.34. The van der Waals surface area contributed by atoms with Crippen LogP contribution in [0.1, 0.15) is 43.7 Å². The fourth-order valence-electron chi connectivity index (χ4n) is 2.61. The Balaban J connectivity index is 1.64. The zero-order chi connectivity index (χ0) is 21.8. The van der Waals surface area contributed by atoms with Crippen LogP contribution >= 0.6 is 0 Å². The molecule has 0 fully saturated rings. The molecule has 2 aromatic carbocycles. The molecule has 0 atom stereocenters. The van der Waals surface area contributed by atoms with E-state index in [9.17, 15) is 14.9 Å². The van der Waals surface area contributed by atoms with E-state index in [1.165, 1.54) is 12.1 Å². The summed E-state index contributed by atoms with van der Waals surface area (Å²) in [6.45, 7) is 6.26. The maximum Gasteiger partial charge on any atom is 0.333 e. The first-order valence-electron chi connectivity index (χ1n) is 9.94. The Morgan fingerprint density at radius 1 is 0.933 bits per heavy atom. The summed E-state index contributed by atoms with van der Waals surface area (Å²) < 4.78 is 10.8. The molecular formula is C24H27NO5. The first-order valence-corrected chi connectivity index (χ1v) is 9.94. The van der Waals surface area contributed by atoms with Gasteiger partial charge in [0.05, 0.1) is 18.1 Å². The average molecular weight is 409 g/mol. The number of nitrogens with zero attached hydrogens (tertiary/aromatic N) is 1. The highest BCUT2D eigenvalue weighted by Crippen LogP contribution is 2.17. The van der Waals surface area contributed by atoms with Crippen molar-refractivity contribution in [1.82, 2.24) is 0 Å². The van der Waals surface area contributed by atoms with Gasteiger partial charge in [0.1, 0.15) is 5.75 Å². The molecule has 0 unspecified atom stereocenters. The van der Waals surface area contributed by atoms with Crippen molar-refractivity contribution < 1.29 is 19.2 Å². The van der Waals surface area contributed by atoms with Crippen molar-refractivity contribution in [3.8, 4) is 5.75 Å². The van der Waals surface area contributed by atoms with E-state index in [0.717, 1.165) is 42.6 Å². The average Bonchev–Trinajstić information content (AvgIpc) is 2.75. The molecule has 0 aliphatic carbocycles. The van der Waals surface area contributed by atoms with E-state index in [1.807, 2.05) is 36.4 Å². The number of rotatable bonds is 12. The summed E-state index contributed by atoms with van der Waals surface area (Å²) in [4.78, 5) is 21.5. The Bertz CT molecular complexity index is 869. The van der Waals surface area contributed by atoms with E-state index in [-0.39, 0.29) is 11.7 Å². The van der Waals surface area contributed by atoms with Crippen molar-refractivity contribution in [2.24, 2.45) is 0 Å². The lowest BCUT2D eigenvalue weighted by Crippen LogP contribution is -2.06. The molecule has 0 saturated heterocycles. The number of hydrogen-bond acceptors (Lipinski definition) is 5. The highest BCUT2D eigenvalue weighted by molar-refractivity contribution is 5.86. The van der Waals surface area contributed by atoms with E-state index < -0.39 is 4.92 Å². The van der Waals surface area contributed by atoms with Gasteiger partial charge in [0.2, 0.25) is 0 Å².